The number of carbonyl (C=O) groups excluding carboxylic acids is 3. The number of thioether (sulfide) groups is 1. The van der Waals surface area contributed by atoms with Crippen LogP contribution in [-0.4, -0.2) is 32.9 Å². The number of amides is 3. The molecular weight excluding hydrogens is 542 g/mol. The summed E-state index contributed by atoms with van der Waals surface area (Å²) in [4.78, 5) is 47.1. The van der Waals surface area contributed by atoms with Crippen LogP contribution in [0.5, 0.6) is 0 Å². The molecule has 0 saturated carbocycles. The highest BCUT2D eigenvalue weighted by Crippen LogP contribution is 2.27. The van der Waals surface area contributed by atoms with Gasteiger partial charge in [-0.1, -0.05) is 42.5 Å². The maximum Gasteiger partial charge on any atom is 0.272 e. The molecule has 5 rings (SSSR count). The average molecular weight is 568 g/mol. The molecule has 0 fully saturated rings. The molecule has 3 amide bonds. The first-order valence-electron chi connectivity index (χ1n) is 12.4. The highest BCUT2D eigenvalue weighted by molar-refractivity contribution is 8.00. The molecule has 0 saturated heterocycles. The molecule has 0 spiro atoms. The third kappa shape index (κ3) is 6.66. The molecule has 0 radical (unpaired) electrons. The van der Waals surface area contributed by atoms with Gasteiger partial charge in [0, 0.05) is 50.4 Å². The molecule has 200 valence electrons. The normalized spacial score (nSPS) is 12.1. The molecule has 0 aliphatic carbocycles. The number of carbonyl (C=O) groups is 3. The number of benzene rings is 3. The van der Waals surface area contributed by atoms with Crippen LogP contribution >= 0.6 is 23.1 Å². The lowest BCUT2D eigenvalue weighted by Crippen LogP contribution is -2.30. The van der Waals surface area contributed by atoms with E-state index in [2.05, 4.69) is 25.9 Å². The number of hydrogen-bond acceptors (Lipinski definition) is 6. The van der Waals surface area contributed by atoms with Gasteiger partial charge in [0.2, 0.25) is 5.91 Å². The zero-order valence-corrected chi connectivity index (χ0v) is 23.0. The molecular formula is C30H25N5O3S2. The highest BCUT2D eigenvalue weighted by Gasteiger charge is 2.18. The zero-order chi connectivity index (χ0) is 27.9. The summed E-state index contributed by atoms with van der Waals surface area (Å²) in [6.45, 7) is 1.81. The van der Waals surface area contributed by atoms with Gasteiger partial charge in [0.05, 0.1) is 5.25 Å². The standard InChI is InChI=1S/C30H25N5O3S2/c1-19(27(36)35-30-31-14-15-39-30)40-23-11-7-10-22(17-23)33-29(38)26(34-28(37)20-8-3-2-4-9-20)16-21-18-32-25-13-6-5-12-24(21)25/h2-19,32H,1H3,(H,33,38)(H,34,37)(H,31,35,36)/b26-16-. The van der Waals surface area contributed by atoms with Crippen molar-refractivity contribution in [2.24, 2.45) is 0 Å². The number of aromatic nitrogens is 2. The van der Waals surface area contributed by atoms with Crippen molar-refractivity contribution in [3.63, 3.8) is 0 Å². The largest absolute Gasteiger partial charge is 0.361 e. The van der Waals surface area contributed by atoms with Crippen molar-refractivity contribution in [3.05, 3.63) is 113 Å². The fourth-order valence-corrected chi connectivity index (χ4v) is 5.36. The van der Waals surface area contributed by atoms with Crippen LogP contribution in [0.1, 0.15) is 22.8 Å². The van der Waals surface area contributed by atoms with E-state index in [1.807, 2.05) is 36.4 Å². The van der Waals surface area contributed by atoms with Crippen LogP contribution in [0.25, 0.3) is 17.0 Å². The number of hydrogen-bond donors (Lipinski definition) is 4. The summed E-state index contributed by atoms with van der Waals surface area (Å²) in [6, 6.07) is 23.6. The summed E-state index contributed by atoms with van der Waals surface area (Å²) < 4.78 is 0. The first kappa shape index (κ1) is 26.9. The molecule has 2 heterocycles. The Balaban J connectivity index is 1.35. The molecule has 0 aliphatic rings. The maximum absolute atomic E-state index is 13.5. The third-order valence-corrected chi connectivity index (χ3v) is 7.67. The minimum atomic E-state index is -0.480. The molecule has 1 atom stereocenters. The Morgan fingerprint density at radius 2 is 1.77 bits per heavy atom. The quantitative estimate of drug-likeness (QED) is 0.126. The van der Waals surface area contributed by atoms with Crippen LogP contribution in [0.2, 0.25) is 0 Å². The monoisotopic (exact) mass is 567 g/mol. The van der Waals surface area contributed by atoms with E-state index in [0.717, 1.165) is 21.4 Å². The minimum absolute atomic E-state index is 0.0906. The Hall–Kier alpha value is -4.67. The van der Waals surface area contributed by atoms with Crippen LogP contribution in [0, 0.1) is 0 Å². The lowest BCUT2D eigenvalue weighted by molar-refractivity contribution is -0.115. The summed E-state index contributed by atoms with van der Waals surface area (Å²) in [5.41, 5.74) is 2.73. The highest BCUT2D eigenvalue weighted by atomic mass is 32.2. The fourth-order valence-electron chi connectivity index (χ4n) is 3.91. The fraction of sp³-hybridized carbons (Fsp3) is 0.0667. The first-order chi connectivity index (χ1) is 19.5. The van der Waals surface area contributed by atoms with Crippen LogP contribution < -0.4 is 16.0 Å². The molecule has 0 aliphatic heterocycles. The van der Waals surface area contributed by atoms with Crippen molar-refractivity contribution in [2.45, 2.75) is 17.1 Å². The second kappa shape index (κ2) is 12.5. The van der Waals surface area contributed by atoms with Crippen molar-refractivity contribution in [3.8, 4) is 0 Å². The Morgan fingerprint density at radius 3 is 2.58 bits per heavy atom. The van der Waals surface area contributed by atoms with Gasteiger partial charge >= 0.3 is 0 Å². The summed E-state index contributed by atoms with van der Waals surface area (Å²) in [6.07, 6.45) is 5.08. The Labute approximate surface area is 238 Å². The maximum atomic E-state index is 13.5. The lowest BCUT2D eigenvalue weighted by atomic mass is 10.1. The molecule has 8 nitrogen and oxygen atoms in total. The van der Waals surface area contributed by atoms with Gasteiger partial charge in [0.1, 0.15) is 5.70 Å². The van der Waals surface area contributed by atoms with Crippen LogP contribution in [0.4, 0.5) is 10.8 Å². The van der Waals surface area contributed by atoms with Crippen molar-refractivity contribution >= 4 is 68.6 Å². The van der Waals surface area contributed by atoms with Crippen LogP contribution in [-0.2, 0) is 9.59 Å². The summed E-state index contributed by atoms with van der Waals surface area (Å²) in [5, 5.41) is 11.3. The topological polar surface area (TPSA) is 116 Å². The second-order valence-corrected chi connectivity index (χ2v) is 11.0. The molecule has 0 bridgehead atoms. The van der Waals surface area contributed by atoms with E-state index in [1.165, 1.54) is 23.1 Å². The van der Waals surface area contributed by atoms with E-state index < -0.39 is 17.1 Å². The molecule has 40 heavy (non-hydrogen) atoms. The van der Waals surface area contributed by atoms with E-state index in [9.17, 15) is 14.4 Å². The molecule has 10 heteroatoms. The number of nitrogens with zero attached hydrogens (tertiary/aromatic N) is 1. The predicted octanol–water partition coefficient (Wildman–Crippen LogP) is 6.15. The van der Waals surface area contributed by atoms with Gasteiger partial charge in [0.15, 0.2) is 5.13 Å². The van der Waals surface area contributed by atoms with Crippen molar-refractivity contribution in [1.29, 1.82) is 0 Å². The molecule has 4 N–H and O–H groups in total. The molecule has 3 aromatic carbocycles. The van der Waals surface area contributed by atoms with E-state index in [4.69, 9.17) is 0 Å². The molecule has 5 aromatic rings. The van der Waals surface area contributed by atoms with Gasteiger partial charge < -0.3 is 20.9 Å². The number of rotatable bonds is 9. The number of nitrogens with one attached hydrogen (secondary N) is 4. The Morgan fingerprint density at radius 1 is 0.975 bits per heavy atom. The average Bonchev–Trinajstić information content (AvgIpc) is 3.63. The molecule has 1 unspecified atom stereocenters. The minimum Gasteiger partial charge on any atom is -0.361 e. The number of fused-ring (bicyclic) bond motifs is 1. The number of anilines is 2. The van der Waals surface area contributed by atoms with Gasteiger partial charge in [-0.3, -0.25) is 14.4 Å². The predicted molar refractivity (Wildman–Crippen MR) is 161 cm³/mol. The summed E-state index contributed by atoms with van der Waals surface area (Å²) in [7, 11) is 0. The number of H-pyrrole nitrogens is 1. The van der Waals surface area contributed by atoms with Crippen LogP contribution in [0.3, 0.4) is 0 Å². The van der Waals surface area contributed by atoms with Gasteiger partial charge in [0.25, 0.3) is 11.8 Å². The summed E-state index contributed by atoms with van der Waals surface area (Å²) in [5.74, 6) is -1.04. The SMILES string of the molecule is CC(Sc1cccc(NC(=O)/C(=C/c2c[nH]c3ccccc23)NC(=O)c2ccccc2)c1)C(=O)Nc1nccs1. The van der Waals surface area contributed by atoms with E-state index in [1.54, 1.807) is 73.2 Å². The van der Waals surface area contributed by atoms with E-state index >= 15 is 0 Å². The van der Waals surface area contributed by atoms with Crippen molar-refractivity contribution < 1.29 is 14.4 Å². The first-order valence-corrected chi connectivity index (χ1v) is 14.1. The molecule has 2 aromatic heterocycles. The van der Waals surface area contributed by atoms with Gasteiger partial charge in [-0.25, -0.2) is 4.98 Å². The smallest absolute Gasteiger partial charge is 0.272 e. The van der Waals surface area contributed by atoms with Gasteiger partial charge in [-0.05, 0) is 49.4 Å². The second-order valence-electron chi connectivity index (χ2n) is 8.74. The lowest BCUT2D eigenvalue weighted by Gasteiger charge is -2.13. The van der Waals surface area contributed by atoms with Crippen LogP contribution in [0.15, 0.2) is 107 Å². The van der Waals surface area contributed by atoms with E-state index in [-0.39, 0.29) is 11.6 Å². The zero-order valence-electron chi connectivity index (χ0n) is 21.4. The van der Waals surface area contributed by atoms with Crippen molar-refractivity contribution in [1.82, 2.24) is 15.3 Å². The third-order valence-electron chi connectivity index (χ3n) is 5.89. The Bertz CT molecular complexity index is 1680. The summed E-state index contributed by atoms with van der Waals surface area (Å²) >= 11 is 2.72. The van der Waals surface area contributed by atoms with Crippen molar-refractivity contribution in [2.75, 3.05) is 10.6 Å². The Kier molecular flexibility index (Phi) is 8.38. The number of para-hydroxylation sites is 1. The number of aromatic amines is 1. The van der Waals surface area contributed by atoms with E-state index in [0.29, 0.717) is 16.4 Å². The number of thiazole rings is 1. The van der Waals surface area contributed by atoms with Gasteiger partial charge in [-0.15, -0.1) is 23.1 Å². The van der Waals surface area contributed by atoms with Gasteiger partial charge in [-0.2, -0.15) is 0 Å².